The first kappa shape index (κ1) is 54.4. The Kier molecular flexibility index (Phi) is 30.8. The summed E-state index contributed by atoms with van der Waals surface area (Å²) in [5.74, 6) is -4.64. The van der Waals surface area contributed by atoms with E-state index in [4.69, 9.17) is 18.9 Å². The van der Waals surface area contributed by atoms with Gasteiger partial charge in [-0.2, -0.15) is 0 Å². The molecule has 2 aromatic carbocycles. The van der Waals surface area contributed by atoms with E-state index in [-0.39, 0.29) is 73.2 Å². The molecular weight excluding hydrogens is 809 g/mol. The third kappa shape index (κ3) is 27.7. The molecule has 0 aliphatic heterocycles. The first-order valence-electron chi connectivity index (χ1n) is 19.4. The zero-order valence-corrected chi connectivity index (χ0v) is 37.3. The molecular formula is C40H58CaO14S2. The van der Waals surface area contributed by atoms with Crippen LogP contribution in [-0.2, 0) is 39.2 Å². The predicted octanol–water partition coefficient (Wildman–Crippen LogP) is 6.99. The first-order chi connectivity index (χ1) is 26.7. The molecule has 316 valence electrons. The van der Waals surface area contributed by atoms with Crippen molar-refractivity contribution in [3.05, 3.63) is 70.8 Å². The van der Waals surface area contributed by atoms with Crippen LogP contribution in [-0.4, -0.2) is 125 Å². The van der Waals surface area contributed by atoms with Crippen LogP contribution in [0.25, 0.3) is 0 Å². The van der Waals surface area contributed by atoms with Crippen molar-refractivity contribution in [1.82, 2.24) is 0 Å². The van der Waals surface area contributed by atoms with Gasteiger partial charge in [-0.25, -0.2) is 36.0 Å². The molecule has 0 spiro atoms. The number of ether oxygens (including phenoxy) is 4. The Balaban J connectivity index is 0.00000108. The summed E-state index contributed by atoms with van der Waals surface area (Å²) in [6, 6.07) is 11.9. The van der Waals surface area contributed by atoms with Gasteiger partial charge in [0.25, 0.3) is 0 Å². The average Bonchev–Trinajstić information content (AvgIpc) is 3.15. The van der Waals surface area contributed by atoms with E-state index in [2.05, 4.69) is 13.8 Å². The summed E-state index contributed by atoms with van der Waals surface area (Å²) in [4.78, 5) is 48.6. The molecule has 2 rings (SSSR count). The average molecular weight is 867 g/mol. The van der Waals surface area contributed by atoms with Crippen molar-refractivity contribution >= 4 is 81.9 Å². The minimum absolute atomic E-state index is 0. The van der Waals surface area contributed by atoms with E-state index in [0.29, 0.717) is 0 Å². The SMILES string of the molecule is CCCCCCCCCCOC(=O)c1ccccc1C(=O)OCCS(=O)(=O)[O-].CCCCCCCCCCOC(=O)c1ccccc1C(=O)OCCS(=O)(=O)[O-].[Ca+2]. The number of hydrogen-bond donors (Lipinski definition) is 0. The maximum absolute atomic E-state index is 12.2. The predicted molar refractivity (Wildman–Crippen MR) is 214 cm³/mol. The van der Waals surface area contributed by atoms with E-state index in [1.165, 1.54) is 88.5 Å². The van der Waals surface area contributed by atoms with Crippen molar-refractivity contribution in [2.75, 3.05) is 37.9 Å². The Morgan fingerprint density at radius 3 is 0.895 bits per heavy atom. The summed E-state index contributed by atoms with van der Waals surface area (Å²) in [5.41, 5.74) is 0.0625. The molecule has 0 saturated heterocycles. The summed E-state index contributed by atoms with van der Waals surface area (Å²) in [7, 11) is -8.95. The van der Waals surface area contributed by atoms with Crippen LogP contribution >= 0.6 is 0 Å². The van der Waals surface area contributed by atoms with Crippen LogP contribution in [0.5, 0.6) is 0 Å². The van der Waals surface area contributed by atoms with Crippen LogP contribution in [0, 0.1) is 0 Å². The van der Waals surface area contributed by atoms with Crippen LogP contribution < -0.4 is 0 Å². The molecule has 0 amide bonds. The van der Waals surface area contributed by atoms with Gasteiger partial charge in [0.1, 0.15) is 13.2 Å². The van der Waals surface area contributed by atoms with E-state index in [0.717, 1.165) is 38.5 Å². The second-order valence-electron chi connectivity index (χ2n) is 13.1. The number of hydrogen-bond acceptors (Lipinski definition) is 14. The number of esters is 4. The van der Waals surface area contributed by atoms with Crippen LogP contribution in [0.15, 0.2) is 48.5 Å². The van der Waals surface area contributed by atoms with Gasteiger partial charge in [0.05, 0.1) is 67.2 Å². The fraction of sp³-hybridized carbons (Fsp3) is 0.600. The normalized spacial score (nSPS) is 11.0. The van der Waals surface area contributed by atoms with Crippen LogP contribution in [0.2, 0.25) is 0 Å². The minimum atomic E-state index is -4.47. The second kappa shape index (κ2) is 32.3. The largest absolute Gasteiger partial charge is 2.00 e. The minimum Gasteiger partial charge on any atom is -0.748 e. The molecule has 0 aliphatic carbocycles. The smallest absolute Gasteiger partial charge is 0.748 e. The van der Waals surface area contributed by atoms with E-state index >= 15 is 0 Å². The van der Waals surface area contributed by atoms with Gasteiger partial charge in [-0.15, -0.1) is 0 Å². The van der Waals surface area contributed by atoms with Crippen molar-refractivity contribution in [2.45, 2.75) is 117 Å². The number of rotatable bonds is 28. The Bertz CT molecular complexity index is 1560. The van der Waals surface area contributed by atoms with Gasteiger partial charge in [0, 0.05) is 0 Å². The van der Waals surface area contributed by atoms with E-state index < -0.39 is 68.8 Å². The molecule has 0 saturated carbocycles. The summed E-state index contributed by atoms with van der Waals surface area (Å²) in [5, 5.41) is 0. The van der Waals surface area contributed by atoms with E-state index in [1.54, 1.807) is 24.3 Å². The molecule has 2 aromatic rings. The Hall–Kier alpha value is -2.60. The van der Waals surface area contributed by atoms with Gasteiger partial charge in [-0.05, 0) is 37.1 Å². The fourth-order valence-electron chi connectivity index (χ4n) is 5.26. The van der Waals surface area contributed by atoms with Gasteiger partial charge < -0.3 is 28.1 Å². The van der Waals surface area contributed by atoms with Gasteiger partial charge in [-0.3, -0.25) is 0 Å². The summed E-state index contributed by atoms with van der Waals surface area (Å²) in [6.45, 7) is 3.78. The van der Waals surface area contributed by atoms with Crippen LogP contribution in [0.4, 0.5) is 0 Å². The van der Waals surface area contributed by atoms with Crippen molar-refractivity contribution in [3.8, 4) is 0 Å². The summed E-state index contributed by atoms with van der Waals surface area (Å²) >= 11 is 0. The summed E-state index contributed by atoms with van der Waals surface area (Å²) in [6.07, 6.45) is 18.0. The third-order valence-corrected chi connectivity index (χ3v) is 9.66. The van der Waals surface area contributed by atoms with Gasteiger partial charge in [0.15, 0.2) is 0 Å². The number of carbonyl (C=O) groups excluding carboxylic acids is 4. The zero-order chi connectivity index (χ0) is 41.7. The molecule has 0 radical (unpaired) electrons. The quantitative estimate of drug-likeness (QED) is 0.0277. The number of carbonyl (C=O) groups is 4. The molecule has 0 heterocycles. The summed E-state index contributed by atoms with van der Waals surface area (Å²) < 4.78 is 83.4. The zero-order valence-electron chi connectivity index (χ0n) is 33.4. The Morgan fingerprint density at radius 2 is 0.649 bits per heavy atom. The number of unbranched alkanes of at least 4 members (excludes halogenated alkanes) is 14. The van der Waals surface area contributed by atoms with Gasteiger partial charge in [-0.1, -0.05) is 128 Å². The molecule has 0 bridgehead atoms. The molecule has 0 N–H and O–H groups in total. The van der Waals surface area contributed by atoms with Crippen molar-refractivity contribution in [1.29, 1.82) is 0 Å². The standard InChI is InChI=1S/2C20H30O7S.Ca/c2*1-2-3-4-5-6-7-8-11-14-26-19(21)17-12-9-10-13-18(17)20(22)27-15-16-28(23,24)25;/h2*9-10,12-13H,2-8,11,14-16H2,1H3,(H,23,24,25);/q;;+2/p-2. The van der Waals surface area contributed by atoms with Crippen molar-refractivity contribution in [2.24, 2.45) is 0 Å². The Labute approximate surface area is 368 Å². The van der Waals surface area contributed by atoms with E-state index in [9.17, 15) is 45.1 Å². The van der Waals surface area contributed by atoms with Gasteiger partial charge >= 0.3 is 61.6 Å². The molecule has 57 heavy (non-hydrogen) atoms. The monoisotopic (exact) mass is 866 g/mol. The fourth-order valence-corrected chi connectivity index (χ4v) is 5.84. The maximum Gasteiger partial charge on any atom is 2.00 e. The van der Waals surface area contributed by atoms with Crippen LogP contribution in [0.1, 0.15) is 158 Å². The Morgan fingerprint density at radius 1 is 0.421 bits per heavy atom. The molecule has 0 atom stereocenters. The maximum atomic E-state index is 12.2. The molecule has 0 aromatic heterocycles. The second-order valence-corrected chi connectivity index (χ2v) is 16.2. The molecule has 17 heteroatoms. The first-order valence-corrected chi connectivity index (χ1v) is 22.6. The van der Waals surface area contributed by atoms with Crippen LogP contribution in [0.3, 0.4) is 0 Å². The molecule has 0 fully saturated rings. The molecule has 0 unspecified atom stereocenters. The van der Waals surface area contributed by atoms with Crippen molar-refractivity contribution in [3.63, 3.8) is 0 Å². The van der Waals surface area contributed by atoms with Gasteiger partial charge in [0.2, 0.25) is 0 Å². The van der Waals surface area contributed by atoms with Crippen molar-refractivity contribution < 1.29 is 64.1 Å². The molecule has 14 nitrogen and oxygen atoms in total. The topological polar surface area (TPSA) is 220 Å². The number of benzene rings is 2. The molecule has 0 aliphatic rings. The third-order valence-electron chi connectivity index (χ3n) is 8.33. The van der Waals surface area contributed by atoms with E-state index in [1.807, 2.05) is 0 Å².